The van der Waals surface area contributed by atoms with Gasteiger partial charge >= 0.3 is 0 Å². The topological polar surface area (TPSA) is 32.0 Å². The second-order valence-corrected chi connectivity index (χ2v) is 14.7. The van der Waals surface area contributed by atoms with E-state index in [1.165, 1.54) is 50.0 Å². The zero-order valence-corrected chi connectivity index (χ0v) is 32.9. The van der Waals surface area contributed by atoms with Crippen molar-refractivity contribution in [1.29, 1.82) is 0 Å². The van der Waals surface area contributed by atoms with Crippen LogP contribution in [0.1, 0.15) is 98.5 Å². The minimum atomic E-state index is 0. The summed E-state index contributed by atoms with van der Waals surface area (Å²) in [5.74, 6) is 2.02. The van der Waals surface area contributed by atoms with Crippen molar-refractivity contribution in [3.63, 3.8) is 0 Å². The van der Waals surface area contributed by atoms with Crippen molar-refractivity contribution < 1.29 is 25.2 Å². The number of para-hydroxylation sites is 1. The number of aromatic nitrogens is 3. The molecule has 2 aromatic heterocycles. The Hall–Kier alpha value is -4.43. The largest absolute Gasteiger partial charge is 0.509 e. The fourth-order valence-corrected chi connectivity index (χ4v) is 7.45. The number of ether oxygens (including phenoxy) is 1. The summed E-state index contributed by atoms with van der Waals surface area (Å²) < 4.78 is 11.1. The molecule has 2 heterocycles. The van der Waals surface area contributed by atoms with Crippen molar-refractivity contribution in [3.05, 3.63) is 136 Å². The van der Waals surface area contributed by atoms with Gasteiger partial charge in [-0.1, -0.05) is 95.6 Å². The Kier molecular flexibility index (Phi) is 10.2. The van der Waals surface area contributed by atoms with Crippen LogP contribution in [0.2, 0.25) is 0 Å². The number of fused-ring (bicyclic) bond motifs is 3. The van der Waals surface area contributed by atoms with Gasteiger partial charge in [0.2, 0.25) is 0 Å². The minimum absolute atomic E-state index is 0. The molecule has 5 heteroatoms. The average molecular weight is 763 g/mol. The molecule has 0 aliphatic heterocycles. The fourth-order valence-electron chi connectivity index (χ4n) is 7.45. The number of benzene rings is 5. The molecular formula is C46H46N3OPd-3. The number of hydrogen-bond acceptors (Lipinski definition) is 2. The van der Waals surface area contributed by atoms with Crippen molar-refractivity contribution >= 4 is 21.8 Å². The van der Waals surface area contributed by atoms with E-state index in [0.717, 1.165) is 33.5 Å². The standard InChI is InChI=1S/C46H46N3O.Pd/c1-27(2)34-23-36(49-46(29(5)6)44(45(47-49)28(3)4)43-32(9)20-31(8)21-33(43)10)25-38(24-34)50-37-18-19-40-39-16-11-12-17-41(39)48(42(40)26-37)35-15-13-14-30(7)22-35;/h11-14,16-24,27-29H,1-10H3;/q-3;. The molecule has 0 N–H and O–H groups in total. The Balaban J connectivity index is 0.00000448. The van der Waals surface area contributed by atoms with Crippen LogP contribution in [0.5, 0.6) is 11.5 Å². The molecule has 7 aromatic rings. The maximum atomic E-state index is 6.70. The van der Waals surface area contributed by atoms with Crippen LogP contribution in [0.4, 0.5) is 0 Å². The number of aryl methyl sites for hydroxylation is 4. The zero-order chi connectivity index (χ0) is 35.4. The fraction of sp³-hybridized carbons (Fsp3) is 0.283. The van der Waals surface area contributed by atoms with Gasteiger partial charge < -0.3 is 9.30 Å². The monoisotopic (exact) mass is 762 g/mol. The first-order chi connectivity index (χ1) is 23.9. The van der Waals surface area contributed by atoms with E-state index in [1.807, 2.05) is 12.1 Å². The molecule has 0 fully saturated rings. The third-order valence-corrected chi connectivity index (χ3v) is 9.68. The quantitative estimate of drug-likeness (QED) is 0.114. The van der Waals surface area contributed by atoms with Gasteiger partial charge in [0, 0.05) is 43.0 Å². The van der Waals surface area contributed by atoms with Crippen LogP contribution in [0.25, 0.3) is 44.3 Å². The molecule has 0 radical (unpaired) electrons. The van der Waals surface area contributed by atoms with E-state index in [1.54, 1.807) is 0 Å². The first kappa shape index (κ1) is 36.4. The molecule has 0 saturated heterocycles. The van der Waals surface area contributed by atoms with E-state index in [2.05, 4.69) is 163 Å². The van der Waals surface area contributed by atoms with Crippen molar-refractivity contribution in [3.8, 4) is 34.0 Å². The van der Waals surface area contributed by atoms with E-state index in [4.69, 9.17) is 9.84 Å². The van der Waals surface area contributed by atoms with Crippen LogP contribution in [-0.4, -0.2) is 14.3 Å². The molecule has 0 unspecified atom stereocenters. The first-order valence-electron chi connectivity index (χ1n) is 17.8. The second-order valence-electron chi connectivity index (χ2n) is 14.7. The molecule has 0 aliphatic rings. The Morgan fingerprint density at radius 2 is 1.37 bits per heavy atom. The predicted molar refractivity (Wildman–Crippen MR) is 208 cm³/mol. The number of nitrogens with zero attached hydrogens (tertiary/aromatic N) is 3. The zero-order valence-electron chi connectivity index (χ0n) is 31.3. The van der Waals surface area contributed by atoms with Gasteiger partial charge in [-0.3, -0.25) is 4.68 Å². The predicted octanol–water partition coefficient (Wildman–Crippen LogP) is 12.4. The van der Waals surface area contributed by atoms with Gasteiger partial charge in [0.25, 0.3) is 0 Å². The minimum Gasteiger partial charge on any atom is -0.509 e. The van der Waals surface area contributed by atoms with Gasteiger partial charge in [-0.2, -0.15) is 34.9 Å². The smallest absolute Gasteiger partial charge is 0.0735 e. The molecule has 4 nitrogen and oxygen atoms in total. The summed E-state index contributed by atoms with van der Waals surface area (Å²) in [6.45, 7) is 22.2. The van der Waals surface area contributed by atoms with Crippen molar-refractivity contribution in [2.45, 2.75) is 87.0 Å². The average Bonchev–Trinajstić information content (AvgIpc) is 3.61. The van der Waals surface area contributed by atoms with Crippen LogP contribution in [0.15, 0.2) is 78.9 Å². The molecule has 5 aromatic carbocycles. The summed E-state index contributed by atoms with van der Waals surface area (Å²) >= 11 is 0. The molecule has 7 rings (SSSR count). The SMILES string of the molecule is Cc1cc[c-]c(-n2c3[c-]c(Oc4[c-]c(-n5nc(C(C)C)c(-c6c(C)cc(C)cc6C)c5C(C)C)cc(C(C)C)c4)ccc3c3ccccc32)c1.[Pd]. The summed E-state index contributed by atoms with van der Waals surface area (Å²) in [6, 6.07) is 38.5. The molecule has 0 amide bonds. The van der Waals surface area contributed by atoms with Gasteiger partial charge in [-0.15, -0.1) is 47.3 Å². The maximum Gasteiger partial charge on any atom is 0.0735 e. The summed E-state index contributed by atoms with van der Waals surface area (Å²) in [5.41, 5.74) is 14.9. The Bertz CT molecular complexity index is 2370. The summed E-state index contributed by atoms with van der Waals surface area (Å²) in [6.07, 6.45) is 0. The number of hydrogen-bond donors (Lipinski definition) is 0. The Morgan fingerprint density at radius 3 is 2.04 bits per heavy atom. The van der Waals surface area contributed by atoms with E-state index >= 15 is 0 Å². The van der Waals surface area contributed by atoms with Crippen LogP contribution in [0.3, 0.4) is 0 Å². The third kappa shape index (κ3) is 6.71. The molecule has 0 spiro atoms. The van der Waals surface area contributed by atoms with E-state index in [9.17, 15) is 0 Å². The van der Waals surface area contributed by atoms with Crippen LogP contribution in [0, 0.1) is 45.9 Å². The van der Waals surface area contributed by atoms with Gasteiger partial charge in [0.05, 0.1) is 11.4 Å². The normalized spacial score (nSPS) is 11.7. The van der Waals surface area contributed by atoms with E-state index < -0.39 is 0 Å². The summed E-state index contributed by atoms with van der Waals surface area (Å²) in [4.78, 5) is 0. The molecular weight excluding hydrogens is 717 g/mol. The van der Waals surface area contributed by atoms with Gasteiger partial charge in [-0.25, -0.2) is 0 Å². The molecule has 0 aliphatic carbocycles. The van der Waals surface area contributed by atoms with Crippen molar-refractivity contribution in [2.24, 2.45) is 0 Å². The van der Waals surface area contributed by atoms with Crippen LogP contribution >= 0.6 is 0 Å². The van der Waals surface area contributed by atoms with E-state index in [-0.39, 0.29) is 38.2 Å². The molecule has 51 heavy (non-hydrogen) atoms. The molecule has 0 bridgehead atoms. The van der Waals surface area contributed by atoms with Gasteiger partial charge in [0.1, 0.15) is 0 Å². The Labute approximate surface area is 317 Å². The van der Waals surface area contributed by atoms with Crippen molar-refractivity contribution in [2.75, 3.05) is 0 Å². The van der Waals surface area contributed by atoms with Gasteiger partial charge in [0.15, 0.2) is 0 Å². The maximum absolute atomic E-state index is 6.70. The molecule has 0 atom stereocenters. The Morgan fingerprint density at radius 1 is 0.647 bits per heavy atom. The third-order valence-electron chi connectivity index (χ3n) is 9.68. The molecule has 0 saturated carbocycles. The second kappa shape index (κ2) is 14.3. The molecule has 264 valence electrons. The van der Waals surface area contributed by atoms with Crippen molar-refractivity contribution in [1.82, 2.24) is 14.3 Å². The summed E-state index contributed by atoms with van der Waals surface area (Å²) in [5, 5.41) is 7.66. The van der Waals surface area contributed by atoms with Crippen LogP contribution in [-0.2, 0) is 20.4 Å². The number of rotatable bonds is 8. The first-order valence-corrected chi connectivity index (χ1v) is 17.8. The van der Waals surface area contributed by atoms with Crippen LogP contribution < -0.4 is 4.74 Å². The summed E-state index contributed by atoms with van der Waals surface area (Å²) in [7, 11) is 0. The van der Waals surface area contributed by atoms with Gasteiger partial charge in [-0.05, 0) is 72.4 Å². The van der Waals surface area contributed by atoms with E-state index in [0.29, 0.717) is 11.5 Å².